The summed E-state index contributed by atoms with van der Waals surface area (Å²) in [6.07, 6.45) is 4.63. The van der Waals surface area contributed by atoms with E-state index in [0.717, 1.165) is 23.5 Å². The van der Waals surface area contributed by atoms with E-state index in [1.54, 1.807) is 4.90 Å². The summed E-state index contributed by atoms with van der Waals surface area (Å²) in [5, 5.41) is 3.25. The fourth-order valence-electron chi connectivity index (χ4n) is 5.30. The van der Waals surface area contributed by atoms with Crippen LogP contribution in [0.5, 0.6) is 0 Å². The summed E-state index contributed by atoms with van der Waals surface area (Å²) in [6, 6.07) is 6.06. The zero-order chi connectivity index (χ0) is 24.3. The van der Waals surface area contributed by atoms with E-state index in [1.165, 1.54) is 5.57 Å². The summed E-state index contributed by atoms with van der Waals surface area (Å²) in [6.45, 7) is 12.0. The lowest BCUT2D eigenvalue weighted by Gasteiger charge is -2.27. The molecule has 3 aliphatic rings. The molecular formula is C26H34N4O4. The van der Waals surface area contributed by atoms with Gasteiger partial charge in [0.15, 0.2) is 0 Å². The van der Waals surface area contributed by atoms with Gasteiger partial charge >= 0.3 is 6.09 Å². The minimum Gasteiger partial charge on any atom is -0.444 e. The van der Waals surface area contributed by atoms with Gasteiger partial charge in [0.25, 0.3) is 0 Å². The predicted octanol–water partition coefficient (Wildman–Crippen LogP) is 3.60. The van der Waals surface area contributed by atoms with Gasteiger partial charge in [0, 0.05) is 25.2 Å². The van der Waals surface area contributed by atoms with Crippen molar-refractivity contribution in [2.75, 3.05) is 26.3 Å². The Labute approximate surface area is 200 Å². The molecule has 2 aromatic heterocycles. The first-order valence-corrected chi connectivity index (χ1v) is 12.1. The molecule has 2 amide bonds. The zero-order valence-electron chi connectivity index (χ0n) is 20.6. The number of rotatable bonds is 4. The molecule has 0 unspecified atom stereocenters. The first-order chi connectivity index (χ1) is 16.0. The van der Waals surface area contributed by atoms with Gasteiger partial charge in [-0.05, 0) is 70.6 Å². The second-order valence-electron chi connectivity index (χ2n) is 11.1. The molecule has 0 bridgehead atoms. The van der Waals surface area contributed by atoms with Crippen molar-refractivity contribution < 1.29 is 19.1 Å². The van der Waals surface area contributed by atoms with Crippen molar-refractivity contribution in [2.45, 2.75) is 52.2 Å². The fourth-order valence-corrected chi connectivity index (χ4v) is 5.30. The molecule has 1 aliphatic carbocycles. The van der Waals surface area contributed by atoms with Gasteiger partial charge in [-0.3, -0.25) is 4.79 Å². The number of carbonyl (C=O) groups is 2. The molecule has 2 aliphatic heterocycles. The number of fused-ring (bicyclic) bond motifs is 2. The van der Waals surface area contributed by atoms with E-state index in [1.807, 2.05) is 52.9 Å². The Kier molecular flexibility index (Phi) is 5.47. The summed E-state index contributed by atoms with van der Waals surface area (Å²) >= 11 is 0. The van der Waals surface area contributed by atoms with Crippen molar-refractivity contribution in [1.29, 1.82) is 0 Å². The Morgan fingerprint density at radius 3 is 2.53 bits per heavy atom. The van der Waals surface area contributed by atoms with Crippen LogP contribution >= 0.6 is 0 Å². The smallest absolute Gasteiger partial charge is 0.410 e. The molecule has 0 spiro atoms. The van der Waals surface area contributed by atoms with Crippen molar-refractivity contribution in [1.82, 2.24) is 19.6 Å². The molecule has 8 nitrogen and oxygen atoms in total. The van der Waals surface area contributed by atoms with Crippen molar-refractivity contribution in [2.24, 2.45) is 17.8 Å². The minimum atomic E-state index is -0.660. The van der Waals surface area contributed by atoms with Crippen molar-refractivity contribution in [3.05, 3.63) is 42.0 Å². The number of aromatic nitrogens is 2. The minimum absolute atomic E-state index is 0.0309. The number of nitrogens with zero attached hydrogens (tertiary/aromatic N) is 3. The number of likely N-dealkylation sites (tertiary alicyclic amines) is 1. The van der Waals surface area contributed by atoms with Crippen LogP contribution in [0, 0.1) is 17.8 Å². The van der Waals surface area contributed by atoms with Gasteiger partial charge in [0.1, 0.15) is 11.4 Å². The maximum Gasteiger partial charge on any atom is 0.410 e. The summed E-state index contributed by atoms with van der Waals surface area (Å²) in [5.74, 6) is 1.16. The molecule has 3 atom stereocenters. The molecular weight excluding hydrogens is 432 g/mol. The number of imidazole rings is 1. The van der Waals surface area contributed by atoms with Crippen molar-refractivity contribution in [3.63, 3.8) is 0 Å². The summed E-state index contributed by atoms with van der Waals surface area (Å²) in [5.41, 5.74) is 1.99. The second kappa shape index (κ2) is 8.12. The third-order valence-corrected chi connectivity index (χ3v) is 6.96. The van der Waals surface area contributed by atoms with Crippen LogP contribution in [-0.2, 0) is 19.8 Å². The lowest BCUT2D eigenvalue weighted by atomic mass is 10.0. The van der Waals surface area contributed by atoms with Gasteiger partial charge in [-0.2, -0.15) is 0 Å². The van der Waals surface area contributed by atoms with Crippen LogP contribution in [0.25, 0.3) is 11.1 Å². The van der Waals surface area contributed by atoms with Gasteiger partial charge in [-0.15, -0.1) is 0 Å². The molecule has 0 aromatic carbocycles. The first kappa shape index (κ1) is 22.9. The highest BCUT2D eigenvalue weighted by atomic mass is 16.6. The standard InChI is InChI=1S/C26H34N4O4/c1-25(2,3)34-24(32)29-14-17-18(15-29)20(17)22(31)28-26(4,5)23-27-21(16-9-12-33-13-10-16)19-8-6-7-11-30(19)23/h6-9,11,17-18,20H,10,12-15H2,1-5H3,(H,28,31)/t17-,18+,20+. The molecule has 1 saturated carbocycles. The number of piperidine rings is 1. The quantitative estimate of drug-likeness (QED) is 0.744. The number of ether oxygens (including phenoxy) is 2. The Hall–Kier alpha value is -2.87. The summed E-state index contributed by atoms with van der Waals surface area (Å²) in [4.78, 5) is 32.3. The van der Waals surface area contributed by atoms with Crippen LogP contribution in [0.2, 0.25) is 0 Å². The Morgan fingerprint density at radius 2 is 1.88 bits per heavy atom. The van der Waals surface area contributed by atoms with Gasteiger partial charge in [0.2, 0.25) is 5.91 Å². The summed E-state index contributed by atoms with van der Waals surface area (Å²) < 4.78 is 13.0. The van der Waals surface area contributed by atoms with E-state index in [9.17, 15) is 9.59 Å². The molecule has 5 rings (SSSR count). The monoisotopic (exact) mass is 466 g/mol. The highest BCUT2D eigenvalue weighted by Gasteiger charge is 2.61. The third kappa shape index (κ3) is 4.19. The van der Waals surface area contributed by atoms with Gasteiger partial charge < -0.3 is 24.1 Å². The zero-order valence-corrected chi connectivity index (χ0v) is 20.6. The van der Waals surface area contributed by atoms with E-state index in [0.29, 0.717) is 26.3 Å². The molecule has 2 fully saturated rings. The molecule has 182 valence electrons. The van der Waals surface area contributed by atoms with E-state index in [4.69, 9.17) is 14.5 Å². The Morgan fingerprint density at radius 1 is 1.15 bits per heavy atom. The lowest BCUT2D eigenvalue weighted by molar-refractivity contribution is -0.125. The molecule has 34 heavy (non-hydrogen) atoms. The van der Waals surface area contributed by atoms with Gasteiger partial charge in [0.05, 0.1) is 30.0 Å². The number of carbonyl (C=O) groups excluding carboxylic acids is 2. The third-order valence-electron chi connectivity index (χ3n) is 6.96. The maximum atomic E-state index is 13.2. The second-order valence-corrected chi connectivity index (χ2v) is 11.1. The summed E-state index contributed by atoms with van der Waals surface area (Å²) in [7, 11) is 0. The van der Waals surface area contributed by atoms with Crippen LogP contribution in [0.3, 0.4) is 0 Å². The Balaban J connectivity index is 1.30. The molecule has 2 aromatic rings. The van der Waals surface area contributed by atoms with Crippen LogP contribution in [-0.4, -0.2) is 58.2 Å². The number of hydrogen-bond donors (Lipinski definition) is 1. The van der Waals surface area contributed by atoms with Gasteiger partial charge in [-0.25, -0.2) is 9.78 Å². The highest BCUT2D eigenvalue weighted by Crippen LogP contribution is 2.52. The average molecular weight is 467 g/mol. The number of pyridine rings is 1. The first-order valence-electron chi connectivity index (χ1n) is 12.1. The SMILES string of the molecule is CC(C)(C)OC(=O)N1C[C@@H]2[C@H](C1)[C@H]2C(=O)NC(C)(C)c1nc(C2=CCOCC2)c2ccccn12. The van der Waals surface area contributed by atoms with Crippen molar-refractivity contribution in [3.8, 4) is 0 Å². The molecule has 1 N–H and O–H groups in total. The van der Waals surface area contributed by atoms with Crippen LogP contribution in [0.1, 0.15) is 52.6 Å². The van der Waals surface area contributed by atoms with Crippen LogP contribution in [0.4, 0.5) is 4.79 Å². The fraction of sp³-hybridized carbons (Fsp3) is 0.577. The topological polar surface area (TPSA) is 85.2 Å². The molecule has 4 heterocycles. The van der Waals surface area contributed by atoms with E-state index in [2.05, 4.69) is 21.9 Å². The highest BCUT2D eigenvalue weighted by molar-refractivity contribution is 5.84. The average Bonchev–Trinajstić information content (AvgIpc) is 3.09. The molecule has 1 saturated heterocycles. The van der Waals surface area contributed by atoms with E-state index < -0.39 is 11.1 Å². The molecule has 0 radical (unpaired) electrons. The van der Waals surface area contributed by atoms with E-state index in [-0.39, 0.29) is 29.8 Å². The number of hydrogen-bond acceptors (Lipinski definition) is 5. The normalized spacial score (nSPS) is 24.6. The van der Waals surface area contributed by atoms with Crippen LogP contribution in [0.15, 0.2) is 30.5 Å². The van der Waals surface area contributed by atoms with Crippen LogP contribution < -0.4 is 5.32 Å². The molecule has 8 heteroatoms. The Bertz CT molecular complexity index is 1150. The number of amides is 2. The maximum absolute atomic E-state index is 13.2. The van der Waals surface area contributed by atoms with Gasteiger partial charge in [-0.1, -0.05) is 12.1 Å². The number of nitrogens with one attached hydrogen (secondary N) is 1. The predicted molar refractivity (Wildman–Crippen MR) is 128 cm³/mol. The lowest BCUT2D eigenvalue weighted by Crippen LogP contribution is -2.45. The van der Waals surface area contributed by atoms with E-state index >= 15 is 0 Å². The largest absolute Gasteiger partial charge is 0.444 e. The van der Waals surface area contributed by atoms with Crippen molar-refractivity contribution >= 4 is 23.1 Å².